The van der Waals surface area contributed by atoms with Crippen LogP contribution in [0.2, 0.25) is 0 Å². The van der Waals surface area contributed by atoms with E-state index in [2.05, 4.69) is 54.8 Å². The van der Waals surface area contributed by atoms with E-state index in [1.807, 2.05) is 0 Å². The van der Waals surface area contributed by atoms with E-state index < -0.39 is 0 Å². The molecule has 0 bridgehead atoms. The molecule has 0 aromatic heterocycles. The normalized spacial score (nSPS) is 26.7. The van der Waals surface area contributed by atoms with Gasteiger partial charge in [-0.3, -0.25) is 0 Å². The Balaban J connectivity index is 2.17. The molecule has 1 heterocycles. The Morgan fingerprint density at radius 1 is 1.21 bits per heavy atom. The van der Waals surface area contributed by atoms with Crippen molar-refractivity contribution in [3.05, 3.63) is 29.8 Å². The average Bonchev–Trinajstić information content (AvgIpc) is 2.67. The van der Waals surface area contributed by atoms with E-state index in [4.69, 9.17) is 0 Å². The summed E-state index contributed by atoms with van der Waals surface area (Å²) in [6.07, 6.45) is 0. The molecule has 0 saturated carbocycles. The van der Waals surface area contributed by atoms with E-state index in [1.54, 1.807) is 0 Å². The molecule has 2 unspecified atom stereocenters. The molecule has 14 heavy (non-hydrogen) atoms. The summed E-state index contributed by atoms with van der Waals surface area (Å²) in [5, 5.41) is 3.42. The average molecular weight is 225 g/mol. The first-order chi connectivity index (χ1) is 6.81. The maximum atomic E-state index is 4.39. The standard InChI is InChI=1S/C11H15NS2/c13-7-9-5-12-6-11(9)8-1-3-10(14)4-2-8/h1-4,9,11-14H,5-7H2. The van der Waals surface area contributed by atoms with Crippen molar-refractivity contribution in [1.29, 1.82) is 0 Å². The Bertz CT molecular complexity index is 297. The van der Waals surface area contributed by atoms with Gasteiger partial charge in [0.1, 0.15) is 0 Å². The minimum absolute atomic E-state index is 0.626. The third-order valence-corrected chi connectivity index (χ3v) is 3.66. The van der Waals surface area contributed by atoms with E-state index in [1.165, 1.54) is 5.56 Å². The number of nitrogens with one attached hydrogen (secondary N) is 1. The van der Waals surface area contributed by atoms with Gasteiger partial charge in [0, 0.05) is 17.4 Å². The Kier molecular flexibility index (Phi) is 3.42. The van der Waals surface area contributed by atoms with E-state index in [0.29, 0.717) is 11.8 Å². The van der Waals surface area contributed by atoms with Gasteiger partial charge in [0.25, 0.3) is 0 Å². The van der Waals surface area contributed by atoms with Gasteiger partial charge in [-0.1, -0.05) is 12.1 Å². The van der Waals surface area contributed by atoms with Crippen molar-refractivity contribution in [2.45, 2.75) is 10.8 Å². The molecule has 1 nitrogen and oxygen atoms in total. The molecular weight excluding hydrogens is 210 g/mol. The maximum Gasteiger partial charge on any atom is 0.00401 e. The minimum Gasteiger partial charge on any atom is -0.316 e. The van der Waals surface area contributed by atoms with Crippen LogP contribution in [0.3, 0.4) is 0 Å². The molecule has 0 spiro atoms. The van der Waals surface area contributed by atoms with Gasteiger partial charge >= 0.3 is 0 Å². The predicted octanol–water partition coefficient (Wildman–Crippen LogP) is 2.21. The van der Waals surface area contributed by atoms with Gasteiger partial charge in [-0.2, -0.15) is 12.6 Å². The number of rotatable bonds is 2. The Labute approximate surface area is 96.1 Å². The summed E-state index contributed by atoms with van der Waals surface area (Å²) in [5.41, 5.74) is 1.41. The van der Waals surface area contributed by atoms with Crippen molar-refractivity contribution in [3.63, 3.8) is 0 Å². The molecule has 76 valence electrons. The summed E-state index contributed by atoms with van der Waals surface area (Å²) in [5.74, 6) is 2.26. The first kappa shape index (κ1) is 10.4. The predicted molar refractivity (Wildman–Crippen MR) is 66.6 cm³/mol. The van der Waals surface area contributed by atoms with Crippen LogP contribution in [0.25, 0.3) is 0 Å². The van der Waals surface area contributed by atoms with Crippen LogP contribution in [0, 0.1) is 5.92 Å². The highest BCUT2D eigenvalue weighted by molar-refractivity contribution is 7.80. The van der Waals surface area contributed by atoms with Crippen molar-refractivity contribution >= 4 is 25.3 Å². The van der Waals surface area contributed by atoms with E-state index in [9.17, 15) is 0 Å². The van der Waals surface area contributed by atoms with Crippen molar-refractivity contribution < 1.29 is 0 Å². The van der Waals surface area contributed by atoms with Gasteiger partial charge < -0.3 is 5.32 Å². The van der Waals surface area contributed by atoms with Crippen LogP contribution in [0.5, 0.6) is 0 Å². The second-order valence-electron chi connectivity index (χ2n) is 3.80. The molecule has 1 aromatic carbocycles. The summed E-state index contributed by atoms with van der Waals surface area (Å²) >= 11 is 8.68. The molecule has 1 aliphatic rings. The number of hydrogen-bond donors (Lipinski definition) is 3. The van der Waals surface area contributed by atoms with Crippen LogP contribution in [-0.2, 0) is 0 Å². The molecule has 1 aliphatic heterocycles. The van der Waals surface area contributed by atoms with Crippen LogP contribution in [0.4, 0.5) is 0 Å². The van der Waals surface area contributed by atoms with Gasteiger partial charge in [0.2, 0.25) is 0 Å². The van der Waals surface area contributed by atoms with E-state index in [0.717, 1.165) is 23.7 Å². The third kappa shape index (κ3) is 2.10. The quantitative estimate of drug-likeness (QED) is 0.656. The summed E-state index contributed by atoms with van der Waals surface area (Å²) in [6.45, 7) is 2.17. The highest BCUT2D eigenvalue weighted by atomic mass is 32.1. The van der Waals surface area contributed by atoms with E-state index >= 15 is 0 Å². The largest absolute Gasteiger partial charge is 0.316 e. The fourth-order valence-electron chi connectivity index (χ4n) is 2.04. The lowest BCUT2D eigenvalue weighted by molar-refractivity contribution is 0.583. The Morgan fingerprint density at radius 3 is 2.57 bits per heavy atom. The Morgan fingerprint density at radius 2 is 1.93 bits per heavy atom. The molecule has 1 aromatic rings. The minimum atomic E-state index is 0.626. The van der Waals surface area contributed by atoms with Crippen LogP contribution < -0.4 is 5.32 Å². The molecular formula is C11H15NS2. The molecule has 0 aliphatic carbocycles. The van der Waals surface area contributed by atoms with Gasteiger partial charge in [0.15, 0.2) is 0 Å². The molecule has 0 amide bonds. The molecule has 1 saturated heterocycles. The van der Waals surface area contributed by atoms with Crippen molar-refractivity contribution in [1.82, 2.24) is 5.32 Å². The zero-order chi connectivity index (χ0) is 9.97. The second kappa shape index (κ2) is 4.60. The lowest BCUT2D eigenvalue weighted by Gasteiger charge is -2.16. The highest BCUT2D eigenvalue weighted by Crippen LogP contribution is 2.29. The maximum absolute atomic E-state index is 4.39. The first-order valence-corrected chi connectivity index (χ1v) is 5.99. The molecule has 3 heteroatoms. The van der Waals surface area contributed by atoms with Gasteiger partial charge in [-0.25, -0.2) is 0 Å². The van der Waals surface area contributed by atoms with Gasteiger partial charge in [-0.15, -0.1) is 12.6 Å². The molecule has 2 atom stereocenters. The molecule has 1 N–H and O–H groups in total. The fourth-order valence-corrected chi connectivity index (χ4v) is 2.57. The number of benzene rings is 1. The smallest absolute Gasteiger partial charge is 0.00401 e. The van der Waals surface area contributed by atoms with Crippen molar-refractivity contribution in [2.75, 3.05) is 18.8 Å². The summed E-state index contributed by atoms with van der Waals surface area (Å²) in [7, 11) is 0. The first-order valence-electron chi connectivity index (χ1n) is 4.92. The summed E-state index contributed by atoms with van der Waals surface area (Å²) in [4.78, 5) is 1.03. The lowest BCUT2D eigenvalue weighted by Crippen LogP contribution is -2.12. The van der Waals surface area contributed by atoms with Crippen molar-refractivity contribution in [2.24, 2.45) is 5.92 Å². The zero-order valence-corrected chi connectivity index (χ0v) is 9.77. The molecule has 1 fully saturated rings. The monoisotopic (exact) mass is 225 g/mol. The summed E-state index contributed by atoms with van der Waals surface area (Å²) in [6, 6.07) is 8.48. The SMILES string of the molecule is SCC1CNCC1c1ccc(S)cc1. The zero-order valence-electron chi connectivity index (χ0n) is 7.98. The number of hydrogen-bond acceptors (Lipinski definition) is 3. The Hall–Kier alpha value is -0.120. The number of thiol groups is 2. The highest BCUT2D eigenvalue weighted by Gasteiger charge is 2.26. The lowest BCUT2D eigenvalue weighted by atomic mass is 9.90. The fraction of sp³-hybridized carbons (Fsp3) is 0.455. The van der Waals surface area contributed by atoms with Gasteiger partial charge in [-0.05, 0) is 35.9 Å². The van der Waals surface area contributed by atoms with Crippen LogP contribution in [-0.4, -0.2) is 18.8 Å². The topological polar surface area (TPSA) is 12.0 Å². The van der Waals surface area contributed by atoms with Gasteiger partial charge in [0.05, 0.1) is 0 Å². The summed E-state index contributed by atoms with van der Waals surface area (Å²) < 4.78 is 0. The van der Waals surface area contributed by atoms with Crippen LogP contribution in [0.1, 0.15) is 11.5 Å². The van der Waals surface area contributed by atoms with Crippen LogP contribution >= 0.6 is 25.3 Å². The van der Waals surface area contributed by atoms with Crippen molar-refractivity contribution in [3.8, 4) is 0 Å². The van der Waals surface area contributed by atoms with E-state index in [-0.39, 0.29) is 0 Å². The molecule has 0 radical (unpaired) electrons. The molecule has 2 rings (SSSR count). The second-order valence-corrected chi connectivity index (χ2v) is 4.68. The third-order valence-electron chi connectivity index (χ3n) is 2.90. The van der Waals surface area contributed by atoms with Crippen LogP contribution in [0.15, 0.2) is 29.2 Å².